The molecule has 8 nitrogen and oxygen atoms in total. The van der Waals surface area contributed by atoms with Gasteiger partial charge >= 0.3 is 6.01 Å². The van der Waals surface area contributed by atoms with Gasteiger partial charge in [0.05, 0.1) is 25.4 Å². The van der Waals surface area contributed by atoms with Crippen molar-refractivity contribution in [1.82, 2.24) is 25.5 Å². The number of ether oxygens (including phenoxy) is 1. The van der Waals surface area contributed by atoms with Crippen molar-refractivity contribution in [3.63, 3.8) is 0 Å². The van der Waals surface area contributed by atoms with Gasteiger partial charge < -0.3 is 19.8 Å². The SMILES string of the molecule is COCCNCc1nnc(NCc2ccncn2)o1. The van der Waals surface area contributed by atoms with Gasteiger partial charge in [-0.2, -0.15) is 0 Å². The van der Waals surface area contributed by atoms with Gasteiger partial charge in [0.2, 0.25) is 5.89 Å². The van der Waals surface area contributed by atoms with Crippen LogP contribution in [0.5, 0.6) is 0 Å². The highest BCUT2D eigenvalue weighted by molar-refractivity contribution is 5.19. The first-order valence-corrected chi connectivity index (χ1v) is 5.89. The molecular weight excluding hydrogens is 248 g/mol. The molecule has 0 amide bonds. The number of rotatable bonds is 8. The van der Waals surface area contributed by atoms with Crippen molar-refractivity contribution in [1.29, 1.82) is 0 Å². The van der Waals surface area contributed by atoms with Gasteiger partial charge in [0.25, 0.3) is 0 Å². The minimum absolute atomic E-state index is 0.377. The number of methoxy groups -OCH3 is 1. The van der Waals surface area contributed by atoms with Gasteiger partial charge in [0.1, 0.15) is 6.33 Å². The number of nitrogens with zero attached hydrogens (tertiary/aromatic N) is 4. The molecular formula is C11H16N6O2. The zero-order valence-electron chi connectivity index (χ0n) is 10.7. The Morgan fingerprint density at radius 1 is 1.32 bits per heavy atom. The summed E-state index contributed by atoms with van der Waals surface area (Å²) in [6.45, 7) is 2.42. The molecule has 19 heavy (non-hydrogen) atoms. The fraction of sp³-hybridized carbons (Fsp3) is 0.455. The quantitative estimate of drug-likeness (QED) is 0.653. The number of anilines is 1. The predicted octanol–water partition coefficient (Wildman–Crippen LogP) is 0.208. The summed E-state index contributed by atoms with van der Waals surface area (Å²) in [5.74, 6) is 0.529. The Bertz CT molecular complexity index is 475. The molecule has 0 unspecified atom stereocenters. The van der Waals surface area contributed by atoms with Crippen molar-refractivity contribution >= 4 is 6.01 Å². The molecule has 0 aliphatic carbocycles. The fourth-order valence-corrected chi connectivity index (χ4v) is 1.35. The van der Waals surface area contributed by atoms with E-state index in [1.54, 1.807) is 13.3 Å². The zero-order valence-corrected chi connectivity index (χ0v) is 10.7. The number of aromatic nitrogens is 4. The second kappa shape index (κ2) is 7.39. The lowest BCUT2D eigenvalue weighted by molar-refractivity contribution is 0.198. The van der Waals surface area contributed by atoms with E-state index < -0.39 is 0 Å². The molecule has 2 aromatic rings. The van der Waals surface area contributed by atoms with Gasteiger partial charge in [-0.1, -0.05) is 5.10 Å². The van der Waals surface area contributed by atoms with Crippen LogP contribution in [-0.4, -0.2) is 40.4 Å². The molecule has 0 saturated carbocycles. The predicted molar refractivity (Wildman–Crippen MR) is 67.2 cm³/mol. The van der Waals surface area contributed by atoms with E-state index >= 15 is 0 Å². The van der Waals surface area contributed by atoms with E-state index in [0.717, 1.165) is 12.2 Å². The van der Waals surface area contributed by atoms with E-state index in [1.165, 1.54) is 6.33 Å². The molecule has 2 rings (SSSR count). The minimum Gasteiger partial charge on any atom is -0.407 e. The Balaban J connectivity index is 1.74. The third-order valence-corrected chi connectivity index (χ3v) is 2.29. The van der Waals surface area contributed by atoms with Crippen LogP contribution in [0.1, 0.15) is 11.6 Å². The molecule has 0 aliphatic rings. The molecule has 2 N–H and O–H groups in total. The lowest BCUT2D eigenvalue weighted by Crippen LogP contribution is -2.18. The summed E-state index contributed by atoms with van der Waals surface area (Å²) in [6, 6.07) is 2.19. The van der Waals surface area contributed by atoms with Crippen LogP contribution in [0.25, 0.3) is 0 Å². The van der Waals surface area contributed by atoms with E-state index in [9.17, 15) is 0 Å². The molecule has 0 saturated heterocycles. The smallest absolute Gasteiger partial charge is 0.315 e. The van der Waals surface area contributed by atoms with Crippen LogP contribution in [0, 0.1) is 0 Å². The van der Waals surface area contributed by atoms with Gasteiger partial charge in [-0.3, -0.25) is 0 Å². The van der Waals surface area contributed by atoms with Crippen LogP contribution < -0.4 is 10.6 Å². The molecule has 2 aromatic heterocycles. The highest BCUT2D eigenvalue weighted by Gasteiger charge is 2.05. The Morgan fingerprint density at radius 2 is 2.26 bits per heavy atom. The maximum atomic E-state index is 5.41. The van der Waals surface area contributed by atoms with Crippen molar-refractivity contribution in [2.45, 2.75) is 13.1 Å². The summed E-state index contributed by atoms with van der Waals surface area (Å²) in [5.41, 5.74) is 0.855. The summed E-state index contributed by atoms with van der Waals surface area (Å²) in [5, 5.41) is 13.9. The summed E-state index contributed by atoms with van der Waals surface area (Å²) in [6.07, 6.45) is 3.18. The van der Waals surface area contributed by atoms with E-state index in [2.05, 4.69) is 30.8 Å². The van der Waals surface area contributed by atoms with E-state index in [1.807, 2.05) is 6.07 Å². The molecule has 0 bridgehead atoms. The lowest BCUT2D eigenvalue weighted by atomic mass is 10.4. The van der Waals surface area contributed by atoms with Crippen molar-refractivity contribution in [3.05, 3.63) is 30.2 Å². The summed E-state index contributed by atoms with van der Waals surface area (Å²) < 4.78 is 10.3. The minimum atomic E-state index is 0.377. The largest absolute Gasteiger partial charge is 0.407 e. The third kappa shape index (κ3) is 4.60. The molecule has 0 atom stereocenters. The maximum Gasteiger partial charge on any atom is 0.315 e. The Kier molecular flexibility index (Phi) is 5.20. The molecule has 8 heteroatoms. The molecule has 0 aromatic carbocycles. The highest BCUT2D eigenvalue weighted by Crippen LogP contribution is 2.06. The van der Waals surface area contributed by atoms with Crippen molar-refractivity contribution in [2.75, 3.05) is 25.6 Å². The Morgan fingerprint density at radius 3 is 3.05 bits per heavy atom. The van der Waals surface area contributed by atoms with Gasteiger partial charge in [-0.25, -0.2) is 9.97 Å². The summed E-state index contributed by atoms with van der Waals surface area (Å²) in [7, 11) is 1.66. The van der Waals surface area contributed by atoms with Gasteiger partial charge in [0, 0.05) is 19.9 Å². The molecule has 0 spiro atoms. The molecule has 0 fully saturated rings. The van der Waals surface area contributed by atoms with Crippen LogP contribution in [0.15, 0.2) is 23.0 Å². The monoisotopic (exact) mass is 264 g/mol. The highest BCUT2D eigenvalue weighted by atomic mass is 16.5. The average Bonchev–Trinajstić information content (AvgIpc) is 2.91. The average molecular weight is 264 g/mol. The molecule has 102 valence electrons. The first-order chi connectivity index (χ1) is 9.38. The van der Waals surface area contributed by atoms with Gasteiger partial charge in [-0.15, -0.1) is 5.10 Å². The van der Waals surface area contributed by atoms with Crippen LogP contribution in [0.3, 0.4) is 0 Å². The van der Waals surface area contributed by atoms with Crippen molar-refractivity contribution in [3.8, 4) is 0 Å². The fourth-order valence-electron chi connectivity index (χ4n) is 1.35. The lowest BCUT2D eigenvalue weighted by Gasteiger charge is -2.00. The standard InChI is InChI=1S/C11H16N6O2/c1-18-5-4-12-7-10-16-17-11(19-10)14-6-9-2-3-13-8-15-9/h2-3,8,12H,4-7H2,1H3,(H,14,17). The van der Waals surface area contributed by atoms with Crippen LogP contribution in [0.4, 0.5) is 6.01 Å². The van der Waals surface area contributed by atoms with E-state index in [4.69, 9.17) is 9.15 Å². The number of hydrogen-bond acceptors (Lipinski definition) is 8. The third-order valence-electron chi connectivity index (χ3n) is 2.29. The van der Waals surface area contributed by atoms with Crippen molar-refractivity contribution in [2.24, 2.45) is 0 Å². The topological polar surface area (TPSA) is 98.0 Å². The number of nitrogens with one attached hydrogen (secondary N) is 2. The van der Waals surface area contributed by atoms with Crippen molar-refractivity contribution < 1.29 is 9.15 Å². The molecule has 0 aliphatic heterocycles. The van der Waals surface area contributed by atoms with Crippen LogP contribution in [-0.2, 0) is 17.8 Å². The number of hydrogen-bond donors (Lipinski definition) is 2. The Hall–Kier alpha value is -2.06. The first-order valence-electron chi connectivity index (χ1n) is 5.89. The van der Waals surface area contributed by atoms with Crippen LogP contribution >= 0.6 is 0 Å². The van der Waals surface area contributed by atoms with Gasteiger partial charge in [0.15, 0.2) is 0 Å². The molecule has 0 radical (unpaired) electrons. The summed E-state index contributed by atoms with van der Waals surface area (Å²) >= 11 is 0. The van der Waals surface area contributed by atoms with E-state index in [-0.39, 0.29) is 0 Å². The van der Waals surface area contributed by atoms with E-state index in [0.29, 0.717) is 31.6 Å². The second-order valence-electron chi connectivity index (χ2n) is 3.72. The summed E-state index contributed by atoms with van der Waals surface area (Å²) in [4.78, 5) is 7.93. The van der Waals surface area contributed by atoms with Gasteiger partial charge in [-0.05, 0) is 6.07 Å². The maximum absolute atomic E-state index is 5.41. The Labute approximate surface area is 110 Å². The van der Waals surface area contributed by atoms with Crippen LogP contribution in [0.2, 0.25) is 0 Å². The molecule has 2 heterocycles. The normalized spacial score (nSPS) is 10.6. The zero-order chi connectivity index (χ0) is 13.3. The first kappa shape index (κ1) is 13.4. The second-order valence-corrected chi connectivity index (χ2v) is 3.72.